The number of para-hydroxylation sites is 1. The van der Waals surface area contributed by atoms with Crippen LogP contribution in [0.1, 0.15) is 52.0 Å². The van der Waals surface area contributed by atoms with Crippen molar-refractivity contribution in [1.82, 2.24) is 10.2 Å². The second-order valence-corrected chi connectivity index (χ2v) is 11.7. The molecule has 0 radical (unpaired) electrons. The Morgan fingerprint density at radius 2 is 1.78 bits per heavy atom. The van der Waals surface area contributed by atoms with Crippen molar-refractivity contribution >= 4 is 56.5 Å². The van der Waals surface area contributed by atoms with Crippen LogP contribution in [0.5, 0.6) is 0 Å². The van der Waals surface area contributed by atoms with E-state index in [0.717, 1.165) is 0 Å². The standard InChI is InChI=1S/C30H20ClFN4O4S/c1-15(2)26-33-34-29(41-26)36-27(38)25-23(24(37)19-13-17(31)9-12-22(19)40-25)30(36)20-5-3-4-6-21(20)35(28(30)39)14-16-7-10-18(32)11-8-16/h3-13,15H,14H2,1-2H3. The SMILES string of the molecule is CC(C)c1nnc(N2C(=O)c3oc4ccc(Cl)cc4c(=O)c3C23C(=O)N(Cc2ccc(F)cc2)c2ccccc23)s1. The van der Waals surface area contributed by atoms with E-state index in [0.29, 0.717) is 26.8 Å². The lowest BCUT2D eigenvalue weighted by atomic mass is 9.84. The minimum Gasteiger partial charge on any atom is -0.450 e. The summed E-state index contributed by atoms with van der Waals surface area (Å²) in [6.45, 7) is 3.97. The van der Waals surface area contributed by atoms with Gasteiger partial charge in [0, 0.05) is 16.5 Å². The molecule has 2 amide bonds. The van der Waals surface area contributed by atoms with Gasteiger partial charge < -0.3 is 9.32 Å². The molecule has 1 unspecified atom stereocenters. The fraction of sp³-hybridized carbons (Fsp3) is 0.167. The summed E-state index contributed by atoms with van der Waals surface area (Å²) in [5, 5.41) is 9.86. The molecule has 7 rings (SSSR count). The van der Waals surface area contributed by atoms with E-state index in [-0.39, 0.29) is 39.9 Å². The van der Waals surface area contributed by atoms with Crippen molar-refractivity contribution in [3.05, 3.63) is 115 Å². The van der Waals surface area contributed by atoms with Gasteiger partial charge in [-0.2, -0.15) is 0 Å². The van der Waals surface area contributed by atoms with E-state index in [2.05, 4.69) is 10.2 Å². The van der Waals surface area contributed by atoms with Crippen LogP contribution in [-0.2, 0) is 16.9 Å². The van der Waals surface area contributed by atoms with E-state index < -0.39 is 28.6 Å². The van der Waals surface area contributed by atoms with Gasteiger partial charge in [-0.1, -0.05) is 67.1 Å². The van der Waals surface area contributed by atoms with Crippen molar-refractivity contribution in [2.75, 3.05) is 9.80 Å². The van der Waals surface area contributed by atoms with E-state index in [4.69, 9.17) is 16.0 Å². The van der Waals surface area contributed by atoms with Crippen LogP contribution >= 0.6 is 22.9 Å². The van der Waals surface area contributed by atoms with Crippen LogP contribution in [0.4, 0.5) is 15.2 Å². The Balaban J connectivity index is 1.54. The van der Waals surface area contributed by atoms with Crippen LogP contribution in [0.25, 0.3) is 11.0 Å². The van der Waals surface area contributed by atoms with Gasteiger partial charge in [0.25, 0.3) is 11.8 Å². The molecule has 0 fully saturated rings. The summed E-state index contributed by atoms with van der Waals surface area (Å²) < 4.78 is 19.7. The highest BCUT2D eigenvalue weighted by Crippen LogP contribution is 2.54. The molecule has 0 N–H and O–H groups in total. The Morgan fingerprint density at radius 3 is 2.51 bits per heavy atom. The molecule has 2 aromatic heterocycles. The first-order chi connectivity index (χ1) is 19.7. The largest absolute Gasteiger partial charge is 0.450 e. The fourth-order valence-electron chi connectivity index (χ4n) is 5.61. The number of aromatic nitrogens is 2. The van der Waals surface area contributed by atoms with Crippen molar-refractivity contribution in [2.24, 2.45) is 0 Å². The van der Waals surface area contributed by atoms with Gasteiger partial charge in [0.05, 0.1) is 23.2 Å². The zero-order valence-corrected chi connectivity index (χ0v) is 23.3. The lowest BCUT2D eigenvalue weighted by Gasteiger charge is -2.32. The molecule has 5 aromatic rings. The second-order valence-electron chi connectivity index (χ2n) is 10.2. The van der Waals surface area contributed by atoms with Crippen molar-refractivity contribution in [3.63, 3.8) is 0 Å². The molecule has 0 saturated heterocycles. The average Bonchev–Trinajstić information content (AvgIpc) is 3.61. The molecule has 1 spiro atoms. The molecular formula is C30H20ClFN4O4S. The number of benzene rings is 3. The maximum Gasteiger partial charge on any atom is 0.297 e. The number of amides is 2. The van der Waals surface area contributed by atoms with E-state index in [9.17, 15) is 18.8 Å². The zero-order valence-electron chi connectivity index (χ0n) is 21.7. The topological polar surface area (TPSA) is 96.6 Å². The highest BCUT2D eigenvalue weighted by Gasteiger charge is 2.66. The third-order valence-electron chi connectivity index (χ3n) is 7.46. The van der Waals surface area contributed by atoms with Crippen LogP contribution in [0.2, 0.25) is 5.02 Å². The predicted molar refractivity (Wildman–Crippen MR) is 153 cm³/mol. The van der Waals surface area contributed by atoms with Crippen LogP contribution < -0.4 is 15.2 Å². The summed E-state index contributed by atoms with van der Waals surface area (Å²) >= 11 is 7.41. The maximum absolute atomic E-state index is 14.9. The first kappa shape index (κ1) is 25.6. The molecule has 204 valence electrons. The van der Waals surface area contributed by atoms with Gasteiger partial charge in [0.2, 0.25) is 10.9 Å². The van der Waals surface area contributed by atoms with Gasteiger partial charge in [-0.15, -0.1) is 10.2 Å². The van der Waals surface area contributed by atoms with Gasteiger partial charge in [0.1, 0.15) is 16.4 Å². The summed E-state index contributed by atoms with van der Waals surface area (Å²) in [5.74, 6) is -1.83. The number of rotatable bonds is 4. The monoisotopic (exact) mass is 586 g/mol. The Hall–Kier alpha value is -4.41. The Bertz CT molecular complexity index is 1970. The number of hydrogen-bond donors (Lipinski definition) is 0. The third-order valence-corrected chi connectivity index (χ3v) is 8.90. The Morgan fingerprint density at radius 1 is 1.02 bits per heavy atom. The Kier molecular flexibility index (Phi) is 5.64. The minimum atomic E-state index is -1.91. The van der Waals surface area contributed by atoms with E-state index in [1.54, 1.807) is 42.5 Å². The first-order valence-corrected chi connectivity index (χ1v) is 14.0. The second kappa shape index (κ2) is 9.05. The predicted octanol–water partition coefficient (Wildman–Crippen LogP) is 6.01. The number of nitrogens with zero attached hydrogens (tertiary/aromatic N) is 4. The maximum atomic E-state index is 14.9. The van der Waals surface area contributed by atoms with Crippen molar-refractivity contribution < 1.29 is 18.4 Å². The highest BCUT2D eigenvalue weighted by atomic mass is 35.5. The number of hydrogen-bond acceptors (Lipinski definition) is 7. The highest BCUT2D eigenvalue weighted by molar-refractivity contribution is 7.15. The van der Waals surface area contributed by atoms with Gasteiger partial charge in [-0.25, -0.2) is 4.39 Å². The average molecular weight is 587 g/mol. The first-order valence-electron chi connectivity index (χ1n) is 12.8. The van der Waals surface area contributed by atoms with Crippen LogP contribution in [0, 0.1) is 5.82 Å². The van der Waals surface area contributed by atoms with Crippen LogP contribution in [0.15, 0.2) is 75.9 Å². The normalized spacial score (nSPS) is 17.8. The van der Waals surface area contributed by atoms with E-state index in [1.165, 1.54) is 45.4 Å². The number of fused-ring (bicyclic) bond motifs is 5. The van der Waals surface area contributed by atoms with Crippen molar-refractivity contribution in [2.45, 2.75) is 31.8 Å². The molecular weight excluding hydrogens is 567 g/mol. The minimum absolute atomic E-state index is 0.0170. The van der Waals surface area contributed by atoms with E-state index in [1.807, 2.05) is 13.8 Å². The quantitative estimate of drug-likeness (QED) is 0.256. The molecule has 8 nitrogen and oxygen atoms in total. The Labute approximate surface area is 241 Å². The summed E-state index contributed by atoms with van der Waals surface area (Å²) in [6.07, 6.45) is 0. The molecule has 2 aliphatic heterocycles. The summed E-state index contributed by atoms with van der Waals surface area (Å²) in [5.41, 5.74) is -0.782. The van der Waals surface area contributed by atoms with E-state index >= 15 is 0 Å². The lowest BCUT2D eigenvalue weighted by Crippen LogP contribution is -2.53. The summed E-state index contributed by atoms with van der Waals surface area (Å²) in [6, 6.07) is 17.4. The molecule has 3 aromatic carbocycles. The number of carbonyl (C=O) groups is 2. The number of carbonyl (C=O) groups excluding carboxylic acids is 2. The lowest BCUT2D eigenvalue weighted by molar-refractivity contribution is -0.121. The van der Waals surface area contributed by atoms with Crippen molar-refractivity contribution in [1.29, 1.82) is 0 Å². The fourth-order valence-corrected chi connectivity index (χ4v) is 6.68. The summed E-state index contributed by atoms with van der Waals surface area (Å²) in [7, 11) is 0. The molecule has 2 aliphatic rings. The molecule has 41 heavy (non-hydrogen) atoms. The number of halogens is 2. The zero-order chi connectivity index (χ0) is 28.6. The summed E-state index contributed by atoms with van der Waals surface area (Å²) in [4.78, 5) is 46.1. The third kappa shape index (κ3) is 3.53. The van der Waals surface area contributed by atoms with Gasteiger partial charge in [0.15, 0.2) is 11.0 Å². The molecule has 4 heterocycles. The molecule has 0 aliphatic carbocycles. The van der Waals surface area contributed by atoms with Gasteiger partial charge in [-0.3, -0.25) is 19.3 Å². The van der Waals surface area contributed by atoms with Gasteiger partial charge in [-0.05, 0) is 42.0 Å². The van der Waals surface area contributed by atoms with Gasteiger partial charge >= 0.3 is 0 Å². The molecule has 1 atom stereocenters. The molecule has 11 heteroatoms. The molecule has 0 bridgehead atoms. The van der Waals surface area contributed by atoms with Crippen LogP contribution in [0.3, 0.4) is 0 Å². The van der Waals surface area contributed by atoms with Crippen LogP contribution in [-0.4, -0.2) is 22.0 Å². The smallest absolute Gasteiger partial charge is 0.297 e. The number of anilines is 2. The molecule has 0 saturated carbocycles. The van der Waals surface area contributed by atoms with Crippen molar-refractivity contribution in [3.8, 4) is 0 Å².